The summed E-state index contributed by atoms with van der Waals surface area (Å²) in [6.07, 6.45) is -2.04. The van der Waals surface area contributed by atoms with Gasteiger partial charge in [0.15, 0.2) is 0 Å². The largest absolute Gasteiger partial charge is 0.481 e. The average Bonchev–Trinajstić information content (AvgIpc) is 3.11. The number of nitriles is 1. The Morgan fingerprint density at radius 2 is 1.75 bits per heavy atom. The lowest BCUT2D eigenvalue weighted by atomic mass is 9.81. The number of nitrogens with zero attached hydrogens (tertiary/aromatic N) is 3. The molecule has 2 heterocycles. The van der Waals surface area contributed by atoms with E-state index >= 15 is 0 Å². The molecular weight excluding hydrogens is 523 g/mol. The first-order valence-corrected chi connectivity index (χ1v) is 12.9. The van der Waals surface area contributed by atoms with Gasteiger partial charge < -0.3 is 10.0 Å². The SMILES string of the molecule is CCCCN1C(=O)C(C#N)=C(C(F)(F)F)/C(=C/C=C2/N(CCC(=O)O)c3ccc4ccccc4c3C2(C)C)C1=O. The van der Waals surface area contributed by atoms with Crippen molar-refractivity contribution < 1.29 is 32.7 Å². The fourth-order valence-corrected chi connectivity index (χ4v) is 5.44. The van der Waals surface area contributed by atoms with Crippen LogP contribution in [0, 0.1) is 11.3 Å². The van der Waals surface area contributed by atoms with Gasteiger partial charge in [0.05, 0.1) is 17.6 Å². The summed E-state index contributed by atoms with van der Waals surface area (Å²) in [6, 6.07) is 12.7. The number of aliphatic carboxylic acids is 1. The van der Waals surface area contributed by atoms with Crippen molar-refractivity contribution in [2.75, 3.05) is 18.0 Å². The number of rotatable bonds is 7. The summed E-state index contributed by atoms with van der Waals surface area (Å²) >= 11 is 0. The van der Waals surface area contributed by atoms with Crippen molar-refractivity contribution in [3.63, 3.8) is 0 Å². The van der Waals surface area contributed by atoms with Crippen LogP contribution in [0.3, 0.4) is 0 Å². The smallest absolute Gasteiger partial charge is 0.418 e. The number of carboxylic acids is 1. The molecule has 7 nitrogen and oxygen atoms in total. The van der Waals surface area contributed by atoms with Crippen LogP contribution in [0.5, 0.6) is 0 Å². The van der Waals surface area contributed by atoms with Crippen molar-refractivity contribution in [3.05, 3.63) is 76.5 Å². The number of amides is 2. The van der Waals surface area contributed by atoms with E-state index in [-0.39, 0.29) is 19.5 Å². The van der Waals surface area contributed by atoms with Gasteiger partial charge in [0.2, 0.25) is 0 Å². The number of benzene rings is 2. The predicted molar refractivity (Wildman–Crippen MR) is 143 cm³/mol. The first-order valence-electron chi connectivity index (χ1n) is 12.9. The number of carboxylic acid groups (broad SMARTS) is 1. The number of allylic oxidation sites excluding steroid dienone is 3. The normalized spacial score (nSPS) is 19.1. The van der Waals surface area contributed by atoms with Gasteiger partial charge in [0.1, 0.15) is 11.6 Å². The van der Waals surface area contributed by atoms with Crippen LogP contribution in [-0.4, -0.2) is 47.1 Å². The molecule has 0 bridgehead atoms. The Kier molecular flexibility index (Phi) is 7.61. The third kappa shape index (κ3) is 4.88. The first kappa shape index (κ1) is 28.6. The average molecular weight is 552 g/mol. The van der Waals surface area contributed by atoms with Crippen molar-refractivity contribution in [1.29, 1.82) is 5.26 Å². The topological polar surface area (TPSA) is 102 Å². The maximum Gasteiger partial charge on any atom is 0.418 e. The van der Waals surface area contributed by atoms with Gasteiger partial charge in [0, 0.05) is 29.9 Å². The van der Waals surface area contributed by atoms with Crippen LogP contribution in [0.1, 0.15) is 45.6 Å². The van der Waals surface area contributed by atoms with E-state index in [9.17, 15) is 37.9 Å². The molecule has 4 rings (SSSR count). The van der Waals surface area contributed by atoms with E-state index in [2.05, 4.69) is 0 Å². The molecule has 10 heteroatoms. The molecule has 1 N–H and O–H groups in total. The molecule has 40 heavy (non-hydrogen) atoms. The number of carbonyl (C=O) groups excluding carboxylic acids is 2. The van der Waals surface area contributed by atoms with Crippen LogP contribution in [0.15, 0.2) is 71.0 Å². The van der Waals surface area contributed by atoms with Gasteiger partial charge in [-0.05, 0) is 41.0 Å². The summed E-state index contributed by atoms with van der Waals surface area (Å²) < 4.78 is 42.6. The number of imide groups is 1. The van der Waals surface area contributed by atoms with Crippen molar-refractivity contribution in [1.82, 2.24) is 4.90 Å². The quantitative estimate of drug-likeness (QED) is 0.346. The Bertz CT molecular complexity index is 1540. The standard InChI is InChI=1S/C30H28F3N3O4/c1-4-5-15-36-27(39)20(25(30(31,32)33)21(17-34)28(36)40)11-13-23-29(2,3)26-19-9-7-6-8-18(19)10-12-22(26)35(23)16-14-24(37)38/h6-13H,4-5,14-16H2,1-3H3,(H,37,38)/b20-11-,23-13+. The van der Waals surface area contributed by atoms with Crippen LogP contribution >= 0.6 is 0 Å². The molecule has 0 spiro atoms. The maximum absolute atomic E-state index is 14.2. The molecule has 0 radical (unpaired) electrons. The number of fused-ring (bicyclic) bond motifs is 3. The predicted octanol–water partition coefficient (Wildman–Crippen LogP) is 5.77. The lowest BCUT2D eigenvalue weighted by Crippen LogP contribution is -2.45. The van der Waals surface area contributed by atoms with E-state index in [0.717, 1.165) is 22.4 Å². The number of anilines is 1. The number of hydrogen-bond acceptors (Lipinski definition) is 5. The number of hydrogen-bond donors (Lipinski definition) is 1. The van der Waals surface area contributed by atoms with E-state index in [1.54, 1.807) is 11.8 Å². The fraction of sp³-hybridized carbons (Fsp3) is 0.333. The van der Waals surface area contributed by atoms with Crippen molar-refractivity contribution in [2.24, 2.45) is 0 Å². The maximum atomic E-state index is 14.2. The number of unbranched alkanes of at least 4 members (excludes halogenated alkanes) is 1. The molecule has 2 aliphatic heterocycles. The molecule has 0 saturated heterocycles. The highest BCUT2D eigenvalue weighted by Gasteiger charge is 2.49. The number of halogens is 3. The van der Waals surface area contributed by atoms with Gasteiger partial charge in [-0.1, -0.05) is 57.5 Å². The second-order valence-corrected chi connectivity index (χ2v) is 10.2. The Morgan fingerprint density at radius 1 is 1.05 bits per heavy atom. The van der Waals surface area contributed by atoms with E-state index < -0.39 is 46.1 Å². The van der Waals surface area contributed by atoms with Crippen LogP contribution < -0.4 is 4.90 Å². The minimum atomic E-state index is -5.13. The third-order valence-electron chi connectivity index (χ3n) is 7.30. The minimum Gasteiger partial charge on any atom is -0.481 e. The van der Waals surface area contributed by atoms with Crippen LogP contribution in [0.2, 0.25) is 0 Å². The van der Waals surface area contributed by atoms with Gasteiger partial charge in [-0.25, -0.2) is 0 Å². The lowest BCUT2D eigenvalue weighted by Gasteiger charge is -2.30. The van der Waals surface area contributed by atoms with E-state index in [1.165, 1.54) is 12.1 Å². The lowest BCUT2D eigenvalue weighted by molar-refractivity contribution is -0.143. The van der Waals surface area contributed by atoms with Crippen molar-refractivity contribution in [2.45, 2.75) is 51.6 Å². The van der Waals surface area contributed by atoms with Gasteiger partial charge in [-0.15, -0.1) is 0 Å². The third-order valence-corrected chi connectivity index (χ3v) is 7.30. The molecule has 2 aromatic carbocycles. The Morgan fingerprint density at radius 3 is 2.38 bits per heavy atom. The monoisotopic (exact) mass is 551 g/mol. The zero-order chi connectivity index (χ0) is 29.4. The highest BCUT2D eigenvalue weighted by atomic mass is 19.4. The van der Waals surface area contributed by atoms with Crippen molar-refractivity contribution in [3.8, 4) is 6.07 Å². The van der Waals surface area contributed by atoms with Crippen molar-refractivity contribution >= 4 is 34.2 Å². The Balaban J connectivity index is 1.95. The molecule has 2 aliphatic rings. The van der Waals surface area contributed by atoms with E-state index in [1.807, 2.05) is 50.2 Å². The molecule has 0 aliphatic carbocycles. The van der Waals surface area contributed by atoms with Gasteiger partial charge >= 0.3 is 12.1 Å². The molecule has 2 aromatic rings. The summed E-state index contributed by atoms with van der Waals surface area (Å²) in [5, 5.41) is 20.8. The van der Waals surface area contributed by atoms with Gasteiger partial charge in [0.25, 0.3) is 11.8 Å². The highest BCUT2D eigenvalue weighted by molar-refractivity contribution is 6.18. The van der Waals surface area contributed by atoms with Crippen LogP contribution in [0.25, 0.3) is 10.8 Å². The first-order chi connectivity index (χ1) is 18.8. The van der Waals surface area contributed by atoms with Crippen LogP contribution in [-0.2, 0) is 19.8 Å². The molecule has 0 atom stereocenters. The summed E-state index contributed by atoms with van der Waals surface area (Å²) in [6.45, 7) is 5.48. The van der Waals surface area contributed by atoms with E-state index in [4.69, 9.17) is 0 Å². The summed E-state index contributed by atoms with van der Waals surface area (Å²) in [5.74, 6) is -3.43. The summed E-state index contributed by atoms with van der Waals surface area (Å²) in [5.41, 5.74) is -2.21. The number of alkyl halides is 3. The van der Waals surface area contributed by atoms with Gasteiger partial charge in [-0.2, -0.15) is 18.4 Å². The molecule has 208 valence electrons. The zero-order valence-corrected chi connectivity index (χ0v) is 22.3. The Hall–Kier alpha value is -4.39. The zero-order valence-electron chi connectivity index (χ0n) is 22.3. The summed E-state index contributed by atoms with van der Waals surface area (Å²) in [4.78, 5) is 39.9. The molecule has 2 amide bonds. The van der Waals surface area contributed by atoms with Gasteiger partial charge in [-0.3, -0.25) is 19.3 Å². The molecule has 0 aromatic heterocycles. The second kappa shape index (κ2) is 10.6. The van der Waals surface area contributed by atoms with Crippen LogP contribution in [0.4, 0.5) is 18.9 Å². The minimum absolute atomic E-state index is 0.0413. The number of carbonyl (C=O) groups is 3. The fourth-order valence-electron chi connectivity index (χ4n) is 5.44. The molecule has 0 fully saturated rings. The molecule has 0 unspecified atom stereocenters. The van der Waals surface area contributed by atoms with E-state index in [0.29, 0.717) is 29.1 Å². The summed E-state index contributed by atoms with van der Waals surface area (Å²) in [7, 11) is 0. The highest BCUT2D eigenvalue weighted by Crippen LogP contribution is 2.51. The molecular formula is C30H28F3N3O4. The molecule has 0 saturated carbocycles. The Labute approximate surface area is 229 Å². The second-order valence-electron chi connectivity index (χ2n) is 10.2.